The molecule has 90 valence electrons. The maximum Gasteiger partial charge on any atom is 0.235 e. The van der Waals surface area contributed by atoms with Crippen molar-refractivity contribution in [3.8, 4) is 0 Å². The molecule has 6 nitrogen and oxygen atoms in total. The van der Waals surface area contributed by atoms with Gasteiger partial charge >= 0.3 is 0 Å². The second-order valence-corrected chi connectivity index (χ2v) is 5.14. The first-order chi connectivity index (χ1) is 6.45. The first-order valence-electron chi connectivity index (χ1n) is 3.79. The Morgan fingerprint density at radius 3 is 1.40 bits per heavy atom. The Bertz CT molecular complexity index is 197. The van der Waals surface area contributed by atoms with Crippen LogP contribution in [0.1, 0.15) is 0 Å². The smallest absolute Gasteiger partial charge is 0.235 e. The summed E-state index contributed by atoms with van der Waals surface area (Å²) in [4.78, 5) is 21.0. The fraction of sp³-hybridized carbons (Fsp3) is 0.667. The lowest BCUT2D eigenvalue weighted by Crippen LogP contribution is -2.39. The SMILES string of the molecule is Cl.NC(=O)[C@@H](N)CSSC[C@H](N)C(N)=O. The highest BCUT2D eigenvalue weighted by molar-refractivity contribution is 8.76. The van der Waals surface area contributed by atoms with Gasteiger partial charge in [0.15, 0.2) is 0 Å². The summed E-state index contributed by atoms with van der Waals surface area (Å²) in [6.45, 7) is 0. The number of hydrogen-bond acceptors (Lipinski definition) is 6. The first-order valence-corrected chi connectivity index (χ1v) is 6.28. The number of primary amides is 2. The number of carbonyl (C=O) groups excluding carboxylic acids is 2. The lowest BCUT2D eigenvalue weighted by molar-refractivity contribution is -0.119. The van der Waals surface area contributed by atoms with Crippen LogP contribution in [0.3, 0.4) is 0 Å². The molecule has 0 aromatic carbocycles. The lowest BCUT2D eigenvalue weighted by atomic mass is 10.3. The van der Waals surface area contributed by atoms with Gasteiger partial charge in [-0.25, -0.2) is 0 Å². The average Bonchev–Trinajstić information content (AvgIpc) is 2.11. The molecule has 0 heterocycles. The first kappa shape index (κ1) is 17.3. The lowest BCUT2D eigenvalue weighted by Gasteiger charge is -2.08. The fourth-order valence-electron chi connectivity index (χ4n) is 0.407. The third kappa shape index (κ3) is 8.82. The van der Waals surface area contributed by atoms with Gasteiger partial charge in [-0.3, -0.25) is 9.59 Å². The Balaban J connectivity index is 0. The van der Waals surface area contributed by atoms with Gasteiger partial charge in [0.25, 0.3) is 0 Å². The molecule has 0 spiro atoms. The number of rotatable bonds is 7. The standard InChI is InChI=1S/C6H14N4O2S2.ClH/c7-3(5(9)11)1-13-14-2-4(8)6(10)12;/h3-4H,1-2,7-8H2,(H2,9,11)(H2,10,12);1H/t3-,4-;/m0./s1. The van der Waals surface area contributed by atoms with Crippen LogP contribution in [0.4, 0.5) is 0 Å². The van der Waals surface area contributed by atoms with Crippen LogP contribution in [0.5, 0.6) is 0 Å². The minimum absolute atomic E-state index is 0. The van der Waals surface area contributed by atoms with Crippen LogP contribution in [0.25, 0.3) is 0 Å². The van der Waals surface area contributed by atoms with Crippen molar-refractivity contribution in [2.45, 2.75) is 12.1 Å². The van der Waals surface area contributed by atoms with E-state index >= 15 is 0 Å². The van der Waals surface area contributed by atoms with E-state index in [0.717, 1.165) is 0 Å². The van der Waals surface area contributed by atoms with Gasteiger partial charge < -0.3 is 22.9 Å². The zero-order valence-corrected chi connectivity index (χ0v) is 10.4. The summed E-state index contributed by atoms with van der Waals surface area (Å²) in [7, 11) is 2.68. The van der Waals surface area contributed by atoms with E-state index in [1.165, 1.54) is 21.6 Å². The normalized spacial score (nSPS) is 13.7. The van der Waals surface area contributed by atoms with Crippen molar-refractivity contribution in [2.24, 2.45) is 22.9 Å². The molecule has 0 aliphatic rings. The van der Waals surface area contributed by atoms with E-state index in [9.17, 15) is 9.59 Å². The molecule has 0 saturated heterocycles. The summed E-state index contributed by atoms with van der Waals surface area (Å²) in [5.41, 5.74) is 20.6. The molecule has 0 aliphatic carbocycles. The molecule has 9 heteroatoms. The Labute approximate surface area is 102 Å². The molecule has 0 unspecified atom stereocenters. The van der Waals surface area contributed by atoms with Crippen LogP contribution >= 0.6 is 34.0 Å². The Hall–Kier alpha value is -0.150. The fourth-order valence-corrected chi connectivity index (χ4v) is 2.68. The molecule has 0 saturated carbocycles. The quantitative estimate of drug-likeness (QED) is 0.326. The number of nitrogens with two attached hydrogens (primary N) is 4. The van der Waals surface area contributed by atoms with E-state index in [4.69, 9.17) is 22.9 Å². The number of carbonyl (C=O) groups is 2. The van der Waals surface area contributed by atoms with Gasteiger partial charge in [-0.15, -0.1) is 12.4 Å². The molecule has 0 aromatic rings. The number of amides is 2. The minimum atomic E-state index is -0.669. The maximum atomic E-state index is 10.5. The third-order valence-corrected chi connectivity index (χ3v) is 3.78. The summed E-state index contributed by atoms with van der Waals surface area (Å²) < 4.78 is 0. The van der Waals surface area contributed by atoms with E-state index < -0.39 is 23.9 Å². The molecular weight excluding hydrogens is 260 g/mol. The van der Waals surface area contributed by atoms with Crippen LogP contribution in [-0.2, 0) is 9.59 Å². The van der Waals surface area contributed by atoms with Gasteiger partial charge in [-0.1, -0.05) is 21.6 Å². The zero-order chi connectivity index (χ0) is 11.1. The monoisotopic (exact) mass is 274 g/mol. The second kappa shape index (κ2) is 9.10. The van der Waals surface area contributed by atoms with Crippen molar-refractivity contribution in [2.75, 3.05) is 11.5 Å². The Kier molecular flexibility index (Phi) is 10.5. The predicted octanol–water partition coefficient (Wildman–Crippen LogP) is -1.59. The van der Waals surface area contributed by atoms with Crippen molar-refractivity contribution in [1.29, 1.82) is 0 Å². The van der Waals surface area contributed by atoms with Crippen molar-refractivity contribution < 1.29 is 9.59 Å². The molecule has 0 rings (SSSR count). The van der Waals surface area contributed by atoms with Crippen molar-refractivity contribution >= 4 is 45.8 Å². The van der Waals surface area contributed by atoms with E-state index in [-0.39, 0.29) is 12.4 Å². The van der Waals surface area contributed by atoms with E-state index in [2.05, 4.69) is 0 Å². The van der Waals surface area contributed by atoms with Crippen LogP contribution in [-0.4, -0.2) is 35.4 Å². The highest BCUT2D eigenvalue weighted by atomic mass is 35.5. The average molecular weight is 275 g/mol. The minimum Gasteiger partial charge on any atom is -0.368 e. The molecule has 8 N–H and O–H groups in total. The van der Waals surface area contributed by atoms with Crippen molar-refractivity contribution in [3.05, 3.63) is 0 Å². The largest absolute Gasteiger partial charge is 0.368 e. The molecule has 0 radical (unpaired) electrons. The molecule has 0 bridgehead atoms. The summed E-state index contributed by atoms with van der Waals surface area (Å²) >= 11 is 0. The molecule has 0 aromatic heterocycles. The van der Waals surface area contributed by atoms with Gasteiger partial charge in [0.2, 0.25) is 11.8 Å². The van der Waals surface area contributed by atoms with Gasteiger partial charge in [0.05, 0.1) is 12.1 Å². The summed E-state index contributed by atoms with van der Waals surface area (Å²) in [6.07, 6.45) is 0. The Morgan fingerprint density at radius 2 is 1.20 bits per heavy atom. The zero-order valence-electron chi connectivity index (χ0n) is 7.92. The molecule has 2 amide bonds. The van der Waals surface area contributed by atoms with E-state index in [1.807, 2.05) is 0 Å². The number of halogens is 1. The molecular formula is C6H15ClN4O2S2. The van der Waals surface area contributed by atoms with Gasteiger partial charge in [-0.2, -0.15) is 0 Å². The molecule has 0 aliphatic heterocycles. The summed E-state index contributed by atoms with van der Waals surface area (Å²) in [5.74, 6) is -0.300. The highest BCUT2D eigenvalue weighted by Crippen LogP contribution is 2.21. The summed E-state index contributed by atoms with van der Waals surface area (Å²) in [5, 5.41) is 0. The van der Waals surface area contributed by atoms with E-state index in [1.54, 1.807) is 0 Å². The van der Waals surface area contributed by atoms with Crippen LogP contribution in [0.2, 0.25) is 0 Å². The van der Waals surface area contributed by atoms with Crippen LogP contribution < -0.4 is 22.9 Å². The van der Waals surface area contributed by atoms with Gasteiger partial charge in [0.1, 0.15) is 0 Å². The van der Waals surface area contributed by atoms with Crippen molar-refractivity contribution in [3.63, 3.8) is 0 Å². The highest BCUT2D eigenvalue weighted by Gasteiger charge is 2.11. The third-order valence-electron chi connectivity index (χ3n) is 1.31. The molecule has 2 atom stereocenters. The predicted molar refractivity (Wildman–Crippen MR) is 66.5 cm³/mol. The number of hydrogen-bond donors (Lipinski definition) is 4. The van der Waals surface area contributed by atoms with Crippen molar-refractivity contribution in [1.82, 2.24) is 0 Å². The van der Waals surface area contributed by atoms with Crippen LogP contribution in [0, 0.1) is 0 Å². The maximum absolute atomic E-state index is 10.5. The topological polar surface area (TPSA) is 138 Å². The van der Waals surface area contributed by atoms with Crippen LogP contribution in [0.15, 0.2) is 0 Å². The van der Waals surface area contributed by atoms with Gasteiger partial charge in [-0.05, 0) is 0 Å². The molecule has 15 heavy (non-hydrogen) atoms. The van der Waals surface area contributed by atoms with Gasteiger partial charge in [0, 0.05) is 11.5 Å². The second-order valence-electron chi connectivity index (χ2n) is 2.59. The summed E-state index contributed by atoms with van der Waals surface area (Å²) in [6, 6.07) is -1.34. The van der Waals surface area contributed by atoms with E-state index in [0.29, 0.717) is 11.5 Å². The molecule has 0 fully saturated rings. The Morgan fingerprint density at radius 1 is 0.933 bits per heavy atom.